The first-order valence-electron chi connectivity index (χ1n) is 11.4. The van der Waals surface area contributed by atoms with Gasteiger partial charge >= 0.3 is 0 Å². The molecule has 1 aromatic heterocycles. The highest BCUT2D eigenvalue weighted by Gasteiger charge is 2.08. The topological polar surface area (TPSA) is 42.0 Å². The molecule has 29 heavy (non-hydrogen) atoms. The van der Waals surface area contributed by atoms with Crippen LogP contribution in [0.4, 0.5) is 5.13 Å². The second kappa shape index (κ2) is 13.5. The summed E-state index contributed by atoms with van der Waals surface area (Å²) in [6, 6.07) is 8.61. The van der Waals surface area contributed by atoms with Gasteiger partial charge in [-0.1, -0.05) is 96.4 Å². The summed E-state index contributed by atoms with van der Waals surface area (Å²) in [6.07, 6.45) is 13.1. The molecule has 3 nitrogen and oxygen atoms in total. The van der Waals surface area contributed by atoms with Crippen molar-refractivity contribution in [2.45, 2.75) is 91.4 Å². The molecule has 1 amide bonds. The quantitative estimate of drug-likeness (QED) is 0.320. The smallest absolute Gasteiger partial charge is 0.226 e. The summed E-state index contributed by atoms with van der Waals surface area (Å²) in [4.78, 5) is 16.8. The number of anilines is 1. The zero-order chi connectivity index (χ0) is 20.9. The molecule has 0 saturated carbocycles. The van der Waals surface area contributed by atoms with Crippen LogP contribution in [0.3, 0.4) is 0 Å². The zero-order valence-electron chi connectivity index (χ0n) is 18.5. The van der Waals surface area contributed by atoms with Gasteiger partial charge in [0.25, 0.3) is 0 Å². The van der Waals surface area contributed by atoms with E-state index in [-0.39, 0.29) is 5.91 Å². The van der Waals surface area contributed by atoms with Crippen molar-refractivity contribution in [2.24, 2.45) is 5.92 Å². The van der Waals surface area contributed by atoms with Gasteiger partial charge in [-0.25, -0.2) is 4.98 Å². The lowest BCUT2D eigenvalue weighted by Crippen LogP contribution is -2.10. The predicted molar refractivity (Wildman–Crippen MR) is 127 cm³/mol. The van der Waals surface area contributed by atoms with Crippen molar-refractivity contribution in [2.75, 3.05) is 5.32 Å². The molecule has 0 unspecified atom stereocenters. The van der Waals surface area contributed by atoms with Crippen LogP contribution >= 0.6 is 11.3 Å². The van der Waals surface area contributed by atoms with Crippen LogP contribution in [-0.4, -0.2) is 10.9 Å². The fourth-order valence-corrected chi connectivity index (χ4v) is 4.26. The number of hydrogen-bond donors (Lipinski definition) is 1. The van der Waals surface area contributed by atoms with Crippen LogP contribution in [0.15, 0.2) is 29.6 Å². The van der Waals surface area contributed by atoms with E-state index in [0.717, 1.165) is 30.5 Å². The van der Waals surface area contributed by atoms with E-state index in [0.29, 0.717) is 17.5 Å². The molecule has 0 radical (unpaired) electrons. The van der Waals surface area contributed by atoms with Crippen molar-refractivity contribution >= 4 is 22.4 Å². The first-order chi connectivity index (χ1) is 14.1. The fourth-order valence-electron chi connectivity index (χ4n) is 3.52. The third kappa shape index (κ3) is 9.58. The van der Waals surface area contributed by atoms with Gasteiger partial charge in [-0.05, 0) is 24.3 Å². The van der Waals surface area contributed by atoms with Crippen molar-refractivity contribution in [3.63, 3.8) is 0 Å². The van der Waals surface area contributed by atoms with Gasteiger partial charge in [-0.3, -0.25) is 4.79 Å². The molecule has 4 heteroatoms. The maximum Gasteiger partial charge on any atom is 0.226 e. The highest BCUT2D eigenvalue weighted by atomic mass is 32.1. The Morgan fingerprint density at radius 2 is 1.59 bits per heavy atom. The summed E-state index contributed by atoms with van der Waals surface area (Å²) in [5, 5.41) is 5.68. The number of unbranched alkanes of at least 4 members (excludes halogenated alkanes) is 8. The normalized spacial score (nSPS) is 11.2. The number of rotatable bonds is 14. The summed E-state index contributed by atoms with van der Waals surface area (Å²) in [5.74, 6) is 0.744. The van der Waals surface area contributed by atoms with Crippen molar-refractivity contribution in [3.05, 3.63) is 35.2 Å². The maximum absolute atomic E-state index is 12.2. The van der Waals surface area contributed by atoms with Crippen LogP contribution < -0.4 is 5.32 Å². The van der Waals surface area contributed by atoms with E-state index in [9.17, 15) is 4.79 Å². The van der Waals surface area contributed by atoms with Crippen LogP contribution in [0.25, 0.3) is 11.3 Å². The Bertz CT molecular complexity index is 706. The van der Waals surface area contributed by atoms with Crippen LogP contribution in [0.5, 0.6) is 0 Å². The summed E-state index contributed by atoms with van der Waals surface area (Å²) in [6.45, 7) is 6.72. The third-order valence-corrected chi connectivity index (χ3v) is 5.91. The molecule has 2 aromatic rings. The molecule has 1 heterocycles. The lowest BCUT2D eigenvalue weighted by atomic mass is 10.0. The van der Waals surface area contributed by atoms with Gasteiger partial charge in [-0.15, -0.1) is 11.3 Å². The number of thiazole rings is 1. The molecule has 0 fully saturated rings. The Labute approximate surface area is 181 Å². The minimum Gasteiger partial charge on any atom is -0.302 e. The van der Waals surface area contributed by atoms with E-state index >= 15 is 0 Å². The van der Waals surface area contributed by atoms with Gasteiger partial charge in [-0.2, -0.15) is 0 Å². The first-order valence-corrected chi connectivity index (χ1v) is 12.3. The minimum atomic E-state index is 0.0844. The maximum atomic E-state index is 12.2. The molecule has 0 saturated heterocycles. The van der Waals surface area contributed by atoms with Crippen LogP contribution in [0.2, 0.25) is 0 Å². The van der Waals surface area contributed by atoms with Gasteiger partial charge in [0.15, 0.2) is 5.13 Å². The molecule has 2 rings (SSSR count). The summed E-state index contributed by atoms with van der Waals surface area (Å²) < 4.78 is 0. The Kier molecular flexibility index (Phi) is 11.0. The van der Waals surface area contributed by atoms with Crippen molar-refractivity contribution in [1.82, 2.24) is 4.98 Å². The highest BCUT2D eigenvalue weighted by molar-refractivity contribution is 7.14. The second-order valence-corrected chi connectivity index (χ2v) is 9.32. The van der Waals surface area contributed by atoms with E-state index in [1.807, 2.05) is 5.38 Å². The molecule has 1 N–H and O–H groups in total. The Morgan fingerprint density at radius 3 is 2.21 bits per heavy atom. The molecule has 0 atom stereocenters. The van der Waals surface area contributed by atoms with Crippen molar-refractivity contribution in [3.8, 4) is 11.3 Å². The average molecular weight is 415 g/mol. The number of hydrogen-bond acceptors (Lipinski definition) is 3. The zero-order valence-corrected chi connectivity index (χ0v) is 19.3. The average Bonchev–Trinajstić information content (AvgIpc) is 3.15. The second-order valence-electron chi connectivity index (χ2n) is 8.46. The Morgan fingerprint density at radius 1 is 0.966 bits per heavy atom. The molecule has 0 bridgehead atoms. The van der Waals surface area contributed by atoms with Crippen LogP contribution in [-0.2, 0) is 11.2 Å². The van der Waals surface area contributed by atoms with Gasteiger partial charge < -0.3 is 5.32 Å². The number of carbonyl (C=O) groups is 1. The number of amides is 1. The standard InChI is InChI=1S/C25H38N2OS/c1-4-5-6-7-8-9-10-11-12-13-24(28)27-25-26-23(19-29-25)22-16-14-21(15-17-22)18-20(2)3/h14-17,19-20H,4-13,18H2,1-3H3,(H,26,27,28). The lowest BCUT2D eigenvalue weighted by molar-refractivity contribution is -0.116. The van der Waals surface area contributed by atoms with Crippen molar-refractivity contribution in [1.29, 1.82) is 0 Å². The van der Waals surface area contributed by atoms with E-state index in [2.05, 4.69) is 55.3 Å². The minimum absolute atomic E-state index is 0.0844. The fraction of sp³-hybridized carbons (Fsp3) is 0.600. The lowest BCUT2D eigenvalue weighted by Gasteiger charge is -2.05. The molecular formula is C25H38N2OS. The highest BCUT2D eigenvalue weighted by Crippen LogP contribution is 2.26. The number of nitrogens with zero attached hydrogens (tertiary/aromatic N) is 1. The summed E-state index contributed by atoms with van der Waals surface area (Å²) in [7, 11) is 0. The Balaban J connectivity index is 1.65. The first kappa shape index (κ1) is 23.6. The van der Waals surface area contributed by atoms with E-state index in [4.69, 9.17) is 0 Å². The van der Waals surface area contributed by atoms with E-state index < -0.39 is 0 Å². The molecule has 0 aliphatic heterocycles. The van der Waals surface area contributed by atoms with E-state index in [1.165, 1.54) is 61.8 Å². The molecular weight excluding hydrogens is 376 g/mol. The monoisotopic (exact) mass is 414 g/mol. The van der Waals surface area contributed by atoms with Gasteiger partial charge in [0.1, 0.15) is 0 Å². The molecule has 1 aromatic carbocycles. The van der Waals surface area contributed by atoms with E-state index in [1.54, 1.807) is 0 Å². The van der Waals surface area contributed by atoms with Gasteiger partial charge in [0.2, 0.25) is 5.91 Å². The molecule has 160 valence electrons. The largest absolute Gasteiger partial charge is 0.302 e. The number of aromatic nitrogens is 1. The number of carbonyl (C=O) groups excluding carboxylic acids is 1. The summed E-state index contributed by atoms with van der Waals surface area (Å²) >= 11 is 1.50. The summed E-state index contributed by atoms with van der Waals surface area (Å²) in [5.41, 5.74) is 3.39. The number of benzene rings is 1. The third-order valence-electron chi connectivity index (χ3n) is 5.15. The van der Waals surface area contributed by atoms with Crippen LogP contribution in [0.1, 0.15) is 90.5 Å². The van der Waals surface area contributed by atoms with Gasteiger partial charge in [0.05, 0.1) is 5.69 Å². The predicted octanol–water partition coefficient (Wildman–Crippen LogP) is 7.87. The molecule has 0 spiro atoms. The SMILES string of the molecule is CCCCCCCCCCCC(=O)Nc1nc(-c2ccc(CC(C)C)cc2)cs1. The number of nitrogens with one attached hydrogen (secondary N) is 1. The molecule has 0 aliphatic carbocycles. The van der Waals surface area contributed by atoms with Crippen LogP contribution in [0, 0.1) is 5.92 Å². The van der Waals surface area contributed by atoms with Crippen molar-refractivity contribution < 1.29 is 4.79 Å². The molecule has 0 aliphatic rings. The van der Waals surface area contributed by atoms with Gasteiger partial charge in [0, 0.05) is 17.4 Å². The Hall–Kier alpha value is -1.68.